The summed E-state index contributed by atoms with van der Waals surface area (Å²) in [7, 11) is 0. The number of hydrogen-bond donors (Lipinski definition) is 1. The summed E-state index contributed by atoms with van der Waals surface area (Å²) in [6, 6.07) is 0. The van der Waals surface area contributed by atoms with E-state index >= 15 is 0 Å². The fourth-order valence-electron chi connectivity index (χ4n) is 3.28. The number of hydrogen-bond acceptors (Lipinski definition) is 3. The summed E-state index contributed by atoms with van der Waals surface area (Å²) >= 11 is 0. The molecule has 2 fully saturated rings. The third kappa shape index (κ3) is 3.67. The molecule has 1 aliphatic heterocycles. The second-order valence-electron chi connectivity index (χ2n) is 6.59. The van der Waals surface area contributed by atoms with Crippen LogP contribution in [0.25, 0.3) is 0 Å². The fraction of sp³-hybridized carbons (Fsp3) is 1.00. The van der Waals surface area contributed by atoms with Crippen LogP contribution in [0.1, 0.15) is 40.0 Å². The Morgan fingerprint density at radius 3 is 2.82 bits per heavy atom. The van der Waals surface area contributed by atoms with Crippen LogP contribution < -0.4 is 0 Å². The quantitative estimate of drug-likeness (QED) is 0.801. The number of ether oxygens (including phenoxy) is 1. The summed E-state index contributed by atoms with van der Waals surface area (Å²) in [4.78, 5) is 2.47. The minimum absolute atomic E-state index is 0.0243. The van der Waals surface area contributed by atoms with Crippen molar-refractivity contribution in [2.75, 3.05) is 26.2 Å². The van der Waals surface area contributed by atoms with Crippen molar-refractivity contribution in [2.24, 2.45) is 11.8 Å². The predicted molar refractivity (Wildman–Crippen MR) is 69.0 cm³/mol. The molecule has 0 aromatic heterocycles. The van der Waals surface area contributed by atoms with Crippen LogP contribution in [-0.2, 0) is 4.74 Å². The van der Waals surface area contributed by atoms with Crippen LogP contribution in [0.5, 0.6) is 0 Å². The van der Waals surface area contributed by atoms with Crippen LogP contribution in [-0.4, -0.2) is 48.0 Å². The van der Waals surface area contributed by atoms with Crippen molar-refractivity contribution in [1.29, 1.82) is 0 Å². The second kappa shape index (κ2) is 5.25. The number of rotatable bonds is 2. The molecule has 1 saturated heterocycles. The molecule has 0 bridgehead atoms. The maximum absolute atomic E-state index is 10.1. The van der Waals surface area contributed by atoms with Crippen LogP contribution in [0.4, 0.5) is 0 Å². The summed E-state index contributed by atoms with van der Waals surface area (Å²) in [5, 5.41) is 10.1. The predicted octanol–water partition coefficient (Wildman–Crippen LogP) is 1.89. The van der Waals surface area contributed by atoms with E-state index in [1.165, 1.54) is 12.8 Å². The summed E-state index contributed by atoms with van der Waals surface area (Å²) in [6.07, 6.45) is 3.27. The van der Waals surface area contributed by atoms with E-state index in [1.54, 1.807) is 0 Å². The van der Waals surface area contributed by atoms with Crippen LogP contribution >= 0.6 is 0 Å². The Labute approximate surface area is 105 Å². The maximum Gasteiger partial charge on any atom is 0.0753 e. The Morgan fingerprint density at radius 1 is 1.35 bits per heavy atom. The van der Waals surface area contributed by atoms with E-state index in [0.717, 1.165) is 38.6 Å². The first-order valence-electron chi connectivity index (χ1n) is 7.01. The van der Waals surface area contributed by atoms with Crippen molar-refractivity contribution < 1.29 is 9.84 Å². The smallest absolute Gasteiger partial charge is 0.0753 e. The van der Waals surface area contributed by atoms with Crippen LogP contribution in [0.2, 0.25) is 0 Å². The van der Waals surface area contributed by atoms with Gasteiger partial charge in [-0.05, 0) is 44.9 Å². The maximum atomic E-state index is 10.1. The Morgan fingerprint density at radius 2 is 2.12 bits per heavy atom. The van der Waals surface area contributed by atoms with Gasteiger partial charge in [-0.25, -0.2) is 0 Å². The second-order valence-corrected chi connectivity index (χ2v) is 6.59. The molecule has 3 atom stereocenters. The lowest BCUT2D eigenvalue weighted by Crippen LogP contribution is -2.51. The summed E-state index contributed by atoms with van der Waals surface area (Å²) in [5.74, 6) is 1.24. The number of morpholine rings is 1. The third-order valence-electron chi connectivity index (χ3n) is 4.20. The molecular weight excluding hydrogens is 214 g/mol. The Bertz CT molecular complexity index is 255. The van der Waals surface area contributed by atoms with Gasteiger partial charge >= 0.3 is 0 Å². The zero-order valence-electron chi connectivity index (χ0n) is 11.5. The van der Waals surface area contributed by atoms with Crippen LogP contribution in [0.3, 0.4) is 0 Å². The molecule has 3 heteroatoms. The van der Waals surface area contributed by atoms with Gasteiger partial charge in [0.05, 0.1) is 18.3 Å². The molecule has 1 heterocycles. The molecule has 0 amide bonds. The third-order valence-corrected chi connectivity index (χ3v) is 4.20. The SMILES string of the molecule is CC1CCC(O)C(CN2CCOC(C)(C)C2)C1. The van der Waals surface area contributed by atoms with Gasteiger partial charge in [0.15, 0.2) is 0 Å². The van der Waals surface area contributed by atoms with E-state index < -0.39 is 0 Å². The van der Waals surface area contributed by atoms with Crippen LogP contribution in [0, 0.1) is 11.8 Å². The van der Waals surface area contributed by atoms with Gasteiger partial charge in [0.25, 0.3) is 0 Å². The van der Waals surface area contributed by atoms with E-state index in [1.807, 2.05) is 0 Å². The number of aliphatic hydroxyl groups is 1. The Kier molecular flexibility index (Phi) is 4.11. The van der Waals surface area contributed by atoms with Crippen molar-refractivity contribution in [1.82, 2.24) is 4.90 Å². The van der Waals surface area contributed by atoms with E-state index in [9.17, 15) is 5.11 Å². The molecule has 0 radical (unpaired) electrons. The fourth-order valence-corrected chi connectivity index (χ4v) is 3.28. The highest BCUT2D eigenvalue weighted by atomic mass is 16.5. The largest absolute Gasteiger partial charge is 0.393 e. The molecule has 1 N–H and O–H groups in total. The summed E-state index contributed by atoms with van der Waals surface area (Å²) in [5.41, 5.74) is -0.0243. The van der Waals surface area contributed by atoms with Gasteiger partial charge < -0.3 is 9.84 Å². The molecule has 0 spiro atoms. The average molecular weight is 241 g/mol. The van der Waals surface area contributed by atoms with Crippen molar-refractivity contribution in [3.63, 3.8) is 0 Å². The lowest BCUT2D eigenvalue weighted by Gasteiger charge is -2.41. The molecule has 3 unspecified atom stereocenters. The molecule has 100 valence electrons. The van der Waals surface area contributed by atoms with E-state index in [-0.39, 0.29) is 11.7 Å². The van der Waals surface area contributed by atoms with Gasteiger partial charge in [-0.1, -0.05) is 6.92 Å². The summed E-state index contributed by atoms with van der Waals surface area (Å²) < 4.78 is 5.73. The van der Waals surface area contributed by atoms with E-state index in [4.69, 9.17) is 4.74 Å². The lowest BCUT2D eigenvalue weighted by atomic mass is 9.80. The molecular formula is C14H27NO2. The molecule has 0 aromatic carbocycles. The molecule has 0 aromatic rings. The Balaban J connectivity index is 1.87. The first-order valence-corrected chi connectivity index (χ1v) is 7.01. The zero-order chi connectivity index (χ0) is 12.5. The van der Waals surface area contributed by atoms with Gasteiger partial charge in [0, 0.05) is 19.6 Å². The zero-order valence-corrected chi connectivity index (χ0v) is 11.5. The highest BCUT2D eigenvalue weighted by Gasteiger charge is 2.32. The van der Waals surface area contributed by atoms with Gasteiger partial charge in [0.1, 0.15) is 0 Å². The van der Waals surface area contributed by atoms with Gasteiger partial charge in [-0.15, -0.1) is 0 Å². The van der Waals surface area contributed by atoms with Crippen molar-refractivity contribution in [3.05, 3.63) is 0 Å². The van der Waals surface area contributed by atoms with Gasteiger partial charge in [-0.3, -0.25) is 4.90 Å². The highest BCUT2D eigenvalue weighted by molar-refractivity contribution is 4.84. The highest BCUT2D eigenvalue weighted by Crippen LogP contribution is 2.30. The monoisotopic (exact) mass is 241 g/mol. The summed E-state index contributed by atoms with van der Waals surface area (Å²) in [6.45, 7) is 10.5. The average Bonchev–Trinajstić information content (AvgIpc) is 2.22. The van der Waals surface area contributed by atoms with Crippen molar-refractivity contribution >= 4 is 0 Å². The van der Waals surface area contributed by atoms with Crippen LogP contribution in [0.15, 0.2) is 0 Å². The Hall–Kier alpha value is -0.120. The van der Waals surface area contributed by atoms with Crippen molar-refractivity contribution in [3.8, 4) is 0 Å². The first kappa shape index (κ1) is 13.3. The molecule has 1 aliphatic carbocycles. The topological polar surface area (TPSA) is 32.7 Å². The number of nitrogens with zero attached hydrogens (tertiary/aromatic N) is 1. The minimum Gasteiger partial charge on any atom is -0.393 e. The molecule has 17 heavy (non-hydrogen) atoms. The van der Waals surface area contributed by atoms with Gasteiger partial charge in [0.2, 0.25) is 0 Å². The standard InChI is InChI=1S/C14H27NO2/c1-11-4-5-13(16)12(8-11)9-15-6-7-17-14(2,3)10-15/h11-13,16H,4-10H2,1-3H3. The van der Waals surface area contributed by atoms with E-state index in [2.05, 4.69) is 25.7 Å². The molecule has 2 rings (SSSR count). The minimum atomic E-state index is -0.0860. The lowest BCUT2D eigenvalue weighted by molar-refractivity contribution is -0.0957. The number of aliphatic hydroxyl groups excluding tert-OH is 1. The first-order chi connectivity index (χ1) is 7.96. The van der Waals surface area contributed by atoms with E-state index in [0.29, 0.717) is 5.92 Å². The van der Waals surface area contributed by atoms with Gasteiger partial charge in [-0.2, -0.15) is 0 Å². The molecule has 1 saturated carbocycles. The molecule has 3 nitrogen and oxygen atoms in total. The molecule has 2 aliphatic rings. The normalized spacial score (nSPS) is 39.2. The van der Waals surface area contributed by atoms with Crippen molar-refractivity contribution in [2.45, 2.75) is 51.7 Å².